The molecular weight excluding hydrogens is 245 g/mol. The molecule has 0 saturated carbocycles. The fourth-order valence-electron chi connectivity index (χ4n) is 1.73. The second-order valence-electron chi connectivity index (χ2n) is 3.91. The van der Waals surface area contributed by atoms with Crippen molar-refractivity contribution in [2.75, 3.05) is 13.2 Å². The van der Waals surface area contributed by atoms with Gasteiger partial charge in [-0.1, -0.05) is 17.7 Å². The fraction of sp³-hybridized carbons (Fsp3) is 0.417. The van der Waals surface area contributed by atoms with E-state index in [0.29, 0.717) is 13.2 Å². The van der Waals surface area contributed by atoms with Crippen LogP contribution in [0.1, 0.15) is 18.4 Å². The molecule has 3 nitrogen and oxygen atoms in total. The molecule has 1 fully saturated rings. The third-order valence-corrected chi connectivity index (χ3v) is 3.02. The normalized spacial score (nSPS) is 16.0. The topological polar surface area (TPSA) is 29.5 Å². The molecule has 92 valence electrons. The Morgan fingerprint density at radius 2 is 2.29 bits per heavy atom. The van der Waals surface area contributed by atoms with Gasteiger partial charge in [-0.3, -0.25) is 9.63 Å². The molecule has 1 saturated heterocycles. The van der Waals surface area contributed by atoms with Crippen molar-refractivity contribution >= 4 is 17.5 Å². The summed E-state index contributed by atoms with van der Waals surface area (Å²) >= 11 is 5.86. The highest BCUT2D eigenvalue weighted by Crippen LogP contribution is 2.20. The van der Waals surface area contributed by atoms with E-state index < -0.39 is 5.82 Å². The number of benzene rings is 1. The van der Waals surface area contributed by atoms with Gasteiger partial charge in [0.15, 0.2) is 0 Å². The van der Waals surface area contributed by atoms with Crippen molar-refractivity contribution in [2.24, 2.45) is 0 Å². The molecule has 1 aliphatic heterocycles. The van der Waals surface area contributed by atoms with Crippen molar-refractivity contribution in [1.29, 1.82) is 0 Å². The van der Waals surface area contributed by atoms with E-state index in [9.17, 15) is 9.18 Å². The average Bonchev–Trinajstić information content (AvgIpc) is 2.35. The van der Waals surface area contributed by atoms with Crippen molar-refractivity contribution in [3.8, 4) is 0 Å². The molecule has 5 heteroatoms. The van der Waals surface area contributed by atoms with Gasteiger partial charge in [0.1, 0.15) is 5.82 Å². The smallest absolute Gasteiger partial charge is 0.250 e. The molecular formula is C12H13ClFNO2. The zero-order valence-corrected chi connectivity index (χ0v) is 10.0. The number of hydrogen-bond donors (Lipinski definition) is 0. The van der Waals surface area contributed by atoms with Gasteiger partial charge < -0.3 is 0 Å². The van der Waals surface area contributed by atoms with E-state index in [2.05, 4.69) is 0 Å². The molecule has 0 bridgehead atoms. The molecule has 0 spiro atoms. The van der Waals surface area contributed by atoms with Crippen LogP contribution in [0, 0.1) is 5.82 Å². The highest BCUT2D eigenvalue weighted by atomic mass is 35.5. The molecule has 0 aliphatic carbocycles. The minimum atomic E-state index is -0.456. The summed E-state index contributed by atoms with van der Waals surface area (Å²) < 4.78 is 13.5. The summed E-state index contributed by atoms with van der Waals surface area (Å²) in [5.41, 5.74) is 0.230. The number of carbonyl (C=O) groups excluding carboxylic acids is 1. The Bertz CT molecular complexity index is 399. The van der Waals surface area contributed by atoms with Crippen molar-refractivity contribution in [3.63, 3.8) is 0 Å². The largest absolute Gasteiger partial charge is 0.272 e. The number of hydroxylamine groups is 2. The van der Waals surface area contributed by atoms with E-state index in [4.69, 9.17) is 16.4 Å². The van der Waals surface area contributed by atoms with Crippen LogP contribution in [0.3, 0.4) is 0 Å². The standard InChI is InChI=1S/C12H13ClFNO2/c13-10-4-3-5-11(14)9(10)8-12(16)15-6-1-2-7-17-15/h3-5H,1-2,6-8H2. The highest BCUT2D eigenvalue weighted by Gasteiger charge is 2.20. The van der Waals surface area contributed by atoms with Crippen LogP contribution in [0.4, 0.5) is 4.39 Å². The predicted molar refractivity (Wildman–Crippen MR) is 62.0 cm³/mol. The van der Waals surface area contributed by atoms with Gasteiger partial charge in [-0.2, -0.15) is 0 Å². The zero-order valence-electron chi connectivity index (χ0n) is 9.29. The Balaban J connectivity index is 2.07. The van der Waals surface area contributed by atoms with Crippen LogP contribution in [-0.4, -0.2) is 24.1 Å². The maximum Gasteiger partial charge on any atom is 0.250 e. The van der Waals surface area contributed by atoms with Gasteiger partial charge in [-0.15, -0.1) is 0 Å². The van der Waals surface area contributed by atoms with Crippen molar-refractivity contribution in [2.45, 2.75) is 19.3 Å². The van der Waals surface area contributed by atoms with Crippen LogP contribution in [0.5, 0.6) is 0 Å². The Morgan fingerprint density at radius 1 is 1.47 bits per heavy atom. The summed E-state index contributed by atoms with van der Waals surface area (Å²) in [6.07, 6.45) is 1.80. The molecule has 2 rings (SSSR count). The molecule has 0 aromatic heterocycles. The molecule has 0 radical (unpaired) electrons. The van der Waals surface area contributed by atoms with Crippen LogP contribution in [0.2, 0.25) is 5.02 Å². The van der Waals surface area contributed by atoms with E-state index in [-0.39, 0.29) is 22.9 Å². The number of amides is 1. The van der Waals surface area contributed by atoms with Crippen LogP contribution in [0.25, 0.3) is 0 Å². The second kappa shape index (κ2) is 5.47. The van der Waals surface area contributed by atoms with Crippen molar-refractivity contribution in [3.05, 3.63) is 34.6 Å². The van der Waals surface area contributed by atoms with Gasteiger partial charge in [0.25, 0.3) is 5.91 Å². The third kappa shape index (κ3) is 2.96. The number of carbonyl (C=O) groups is 1. The lowest BCUT2D eigenvalue weighted by Gasteiger charge is -2.26. The van der Waals surface area contributed by atoms with Gasteiger partial charge >= 0.3 is 0 Å². The van der Waals surface area contributed by atoms with Gasteiger partial charge in [0.2, 0.25) is 0 Å². The fourth-order valence-corrected chi connectivity index (χ4v) is 1.96. The predicted octanol–water partition coefficient (Wildman–Crippen LogP) is 2.58. The lowest BCUT2D eigenvalue weighted by molar-refractivity contribution is -0.196. The lowest BCUT2D eigenvalue weighted by atomic mass is 10.1. The molecule has 1 aromatic rings. The molecule has 0 N–H and O–H groups in total. The van der Waals surface area contributed by atoms with E-state index in [1.165, 1.54) is 17.2 Å². The highest BCUT2D eigenvalue weighted by molar-refractivity contribution is 6.31. The van der Waals surface area contributed by atoms with Gasteiger partial charge in [0, 0.05) is 17.1 Å². The van der Waals surface area contributed by atoms with E-state index in [0.717, 1.165) is 12.8 Å². The number of halogens is 2. The van der Waals surface area contributed by atoms with Crippen molar-refractivity contribution in [1.82, 2.24) is 5.06 Å². The Hall–Kier alpha value is -1.13. The quantitative estimate of drug-likeness (QED) is 0.815. The summed E-state index contributed by atoms with van der Waals surface area (Å²) in [7, 11) is 0. The molecule has 0 unspecified atom stereocenters. The number of rotatable bonds is 2. The molecule has 1 amide bonds. The first kappa shape index (κ1) is 12.3. The maximum absolute atomic E-state index is 13.5. The minimum Gasteiger partial charge on any atom is -0.272 e. The van der Waals surface area contributed by atoms with Gasteiger partial charge in [-0.05, 0) is 25.0 Å². The minimum absolute atomic E-state index is 0.0640. The molecule has 1 aliphatic rings. The second-order valence-corrected chi connectivity index (χ2v) is 4.32. The van der Waals surface area contributed by atoms with E-state index >= 15 is 0 Å². The SMILES string of the molecule is O=C(Cc1c(F)cccc1Cl)N1CCCCO1. The number of nitrogens with zero attached hydrogens (tertiary/aromatic N) is 1. The first-order chi connectivity index (χ1) is 8.18. The van der Waals surface area contributed by atoms with E-state index in [1.807, 2.05) is 0 Å². The van der Waals surface area contributed by atoms with Crippen LogP contribution in [0.15, 0.2) is 18.2 Å². The summed E-state index contributed by atoms with van der Waals surface area (Å²) in [5.74, 6) is -0.709. The summed E-state index contributed by atoms with van der Waals surface area (Å²) in [5, 5.41) is 1.57. The molecule has 1 aromatic carbocycles. The molecule has 17 heavy (non-hydrogen) atoms. The zero-order chi connectivity index (χ0) is 12.3. The Kier molecular flexibility index (Phi) is 3.97. The maximum atomic E-state index is 13.5. The Morgan fingerprint density at radius 3 is 2.94 bits per heavy atom. The third-order valence-electron chi connectivity index (χ3n) is 2.67. The summed E-state index contributed by atoms with van der Waals surface area (Å²) in [4.78, 5) is 17.1. The Labute approximate surface area is 104 Å². The first-order valence-corrected chi connectivity index (χ1v) is 5.92. The van der Waals surface area contributed by atoms with E-state index in [1.54, 1.807) is 6.07 Å². The van der Waals surface area contributed by atoms with Crippen LogP contribution >= 0.6 is 11.6 Å². The number of hydrogen-bond acceptors (Lipinski definition) is 2. The van der Waals surface area contributed by atoms with Crippen LogP contribution in [-0.2, 0) is 16.1 Å². The van der Waals surface area contributed by atoms with Gasteiger partial charge in [-0.25, -0.2) is 9.45 Å². The van der Waals surface area contributed by atoms with Crippen LogP contribution < -0.4 is 0 Å². The lowest BCUT2D eigenvalue weighted by Crippen LogP contribution is -2.36. The van der Waals surface area contributed by atoms with Gasteiger partial charge in [0.05, 0.1) is 13.0 Å². The van der Waals surface area contributed by atoms with Crippen molar-refractivity contribution < 1.29 is 14.0 Å². The molecule has 0 atom stereocenters. The summed E-state index contributed by atoms with van der Waals surface area (Å²) in [6.45, 7) is 1.10. The molecule has 1 heterocycles. The monoisotopic (exact) mass is 257 g/mol. The average molecular weight is 258 g/mol. The first-order valence-electron chi connectivity index (χ1n) is 5.54. The summed E-state index contributed by atoms with van der Waals surface area (Å²) in [6, 6.07) is 4.39.